The summed E-state index contributed by atoms with van der Waals surface area (Å²) in [5, 5.41) is 5.29. The van der Waals surface area contributed by atoms with Crippen molar-refractivity contribution in [2.24, 2.45) is 0 Å². The number of anilines is 4. The number of nitrogen functional groups attached to an aromatic ring is 2. The number of halogens is 1. The molecule has 0 saturated heterocycles. The average molecular weight is 274 g/mol. The van der Waals surface area contributed by atoms with Gasteiger partial charge in [0, 0.05) is 24.1 Å². The van der Waals surface area contributed by atoms with Gasteiger partial charge in [0.1, 0.15) is 5.82 Å². The molecule has 2 rings (SSSR count). The maximum absolute atomic E-state index is 13.7. The summed E-state index contributed by atoms with van der Waals surface area (Å²) in [7, 11) is 1.58. The molecule has 2 aromatic rings. The molecule has 0 spiro atoms. The van der Waals surface area contributed by atoms with Gasteiger partial charge < -0.3 is 22.1 Å². The van der Waals surface area contributed by atoms with Gasteiger partial charge in [-0.05, 0) is 36.4 Å². The topological polar surface area (TPSA) is 93.2 Å². The lowest BCUT2D eigenvalue weighted by molar-refractivity contribution is 0.102. The van der Waals surface area contributed by atoms with Crippen LogP contribution in [-0.2, 0) is 0 Å². The molecule has 0 aliphatic carbocycles. The second-order valence-electron chi connectivity index (χ2n) is 4.25. The molecule has 0 unspecified atom stereocenters. The summed E-state index contributed by atoms with van der Waals surface area (Å²) >= 11 is 0. The molecule has 0 aliphatic heterocycles. The molecule has 5 nitrogen and oxygen atoms in total. The number of nitrogens with one attached hydrogen (secondary N) is 2. The predicted octanol–water partition coefficient (Wildman–Crippen LogP) is 2.28. The minimum absolute atomic E-state index is 0.0818. The minimum atomic E-state index is -0.538. The van der Waals surface area contributed by atoms with Crippen LogP contribution in [0.4, 0.5) is 27.1 Å². The van der Waals surface area contributed by atoms with Crippen LogP contribution in [0.1, 0.15) is 10.4 Å². The number of rotatable bonds is 3. The third kappa shape index (κ3) is 2.80. The van der Waals surface area contributed by atoms with E-state index in [-0.39, 0.29) is 16.9 Å². The van der Waals surface area contributed by atoms with Gasteiger partial charge in [-0.2, -0.15) is 0 Å². The maximum Gasteiger partial charge on any atom is 0.257 e. The molecule has 20 heavy (non-hydrogen) atoms. The predicted molar refractivity (Wildman–Crippen MR) is 79.2 cm³/mol. The number of hydrogen-bond acceptors (Lipinski definition) is 4. The highest BCUT2D eigenvalue weighted by molar-refractivity contribution is 6.08. The van der Waals surface area contributed by atoms with Crippen LogP contribution in [0.2, 0.25) is 0 Å². The van der Waals surface area contributed by atoms with Crippen LogP contribution < -0.4 is 22.1 Å². The lowest BCUT2D eigenvalue weighted by Gasteiger charge is -2.10. The van der Waals surface area contributed by atoms with Crippen LogP contribution in [0, 0.1) is 5.82 Å². The molecule has 0 radical (unpaired) electrons. The molecule has 1 amide bonds. The Labute approximate surface area is 115 Å². The van der Waals surface area contributed by atoms with Crippen LogP contribution in [0.3, 0.4) is 0 Å². The van der Waals surface area contributed by atoms with Gasteiger partial charge in [0.05, 0.1) is 11.3 Å². The molecule has 0 aliphatic rings. The molecular formula is C14H15FN4O. The zero-order valence-electron chi connectivity index (χ0n) is 10.9. The number of benzene rings is 2. The number of carbonyl (C=O) groups is 1. The SMILES string of the molecule is CNc1cc(N)c(C(=O)Nc2ccc(N)cc2)cc1F. The first-order valence-electron chi connectivity index (χ1n) is 5.95. The summed E-state index contributed by atoms with van der Waals surface area (Å²) < 4.78 is 13.7. The first-order chi connectivity index (χ1) is 9.51. The lowest BCUT2D eigenvalue weighted by atomic mass is 10.1. The van der Waals surface area contributed by atoms with E-state index in [9.17, 15) is 9.18 Å². The second-order valence-corrected chi connectivity index (χ2v) is 4.25. The number of carbonyl (C=O) groups excluding carboxylic acids is 1. The van der Waals surface area contributed by atoms with Crippen LogP contribution in [-0.4, -0.2) is 13.0 Å². The Morgan fingerprint density at radius 2 is 1.80 bits per heavy atom. The number of hydrogen-bond donors (Lipinski definition) is 4. The quantitative estimate of drug-likeness (QED) is 0.646. The summed E-state index contributed by atoms with van der Waals surface area (Å²) in [6.07, 6.45) is 0. The molecule has 6 heteroatoms. The molecule has 2 aromatic carbocycles. The Kier molecular flexibility index (Phi) is 3.74. The molecular weight excluding hydrogens is 259 g/mol. The molecule has 0 heterocycles. The van der Waals surface area contributed by atoms with Gasteiger partial charge in [0.25, 0.3) is 5.91 Å². The van der Waals surface area contributed by atoms with Crippen molar-refractivity contribution in [1.82, 2.24) is 0 Å². The van der Waals surface area contributed by atoms with Crippen LogP contribution in [0.25, 0.3) is 0 Å². The van der Waals surface area contributed by atoms with Crippen molar-refractivity contribution >= 4 is 28.7 Å². The van der Waals surface area contributed by atoms with E-state index < -0.39 is 11.7 Å². The van der Waals surface area contributed by atoms with Gasteiger partial charge in [0.15, 0.2) is 0 Å². The highest BCUT2D eigenvalue weighted by Gasteiger charge is 2.14. The van der Waals surface area contributed by atoms with E-state index in [1.165, 1.54) is 6.07 Å². The van der Waals surface area contributed by atoms with Crippen molar-refractivity contribution in [2.75, 3.05) is 29.1 Å². The maximum atomic E-state index is 13.7. The van der Waals surface area contributed by atoms with Crippen molar-refractivity contribution in [3.63, 3.8) is 0 Å². The van der Waals surface area contributed by atoms with Crippen LogP contribution in [0.15, 0.2) is 36.4 Å². The van der Waals surface area contributed by atoms with E-state index in [0.717, 1.165) is 6.07 Å². The van der Waals surface area contributed by atoms with Crippen LogP contribution >= 0.6 is 0 Å². The lowest BCUT2D eigenvalue weighted by Crippen LogP contribution is -2.15. The zero-order chi connectivity index (χ0) is 14.7. The first kappa shape index (κ1) is 13.7. The Bertz CT molecular complexity index is 640. The fraction of sp³-hybridized carbons (Fsp3) is 0.0714. The molecule has 0 atom stereocenters. The van der Waals surface area contributed by atoms with Crippen molar-refractivity contribution in [3.8, 4) is 0 Å². The van der Waals surface area contributed by atoms with Crippen molar-refractivity contribution in [1.29, 1.82) is 0 Å². The minimum Gasteiger partial charge on any atom is -0.399 e. The molecule has 0 aromatic heterocycles. The fourth-order valence-electron chi connectivity index (χ4n) is 1.74. The number of amides is 1. The molecule has 6 N–H and O–H groups in total. The number of nitrogens with two attached hydrogens (primary N) is 2. The van der Waals surface area contributed by atoms with Crippen LogP contribution in [0.5, 0.6) is 0 Å². The summed E-state index contributed by atoms with van der Waals surface area (Å²) in [6, 6.07) is 9.11. The molecule has 0 fully saturated rings. The molecule has 0 saturated carbocycles. The van der Waals surface area contributed by atoms with Gasteiger partial charge in [-0.15, -0.1) is 0 Å². The smallest absolute Gasteiger partial charge is 0.257 e. The molecule has 0 bridgehead atoms. The summed E-state index contributed by atoms with van der Waals surface area (Å²) in [4.78, 5) is 12.1. The van der Waals surface area contributed by atoms with E-state index in [0.29, 0.717) is 11.4 Å². The van der Waals surface area contributed by atoms with E-state index in [2.05, 4.69) is 10.6 Å². The normalized spacial score (nSPS) is 10.1. The zero-order valence-corrected chi connectivity index (χ0v) is 10.9. The average Bonchev–Trinajstić information content (AvgIpc) is 2.43. The Morgan fingerprint density at radius 3 is 2.40 bits per heavy atom. The Morgan fingerprint density at radius 1 is 1.15 bits per heavy atom. The van der Waals surface area contributed by atoms with Crippen molar-refractivity contribution in [2.45, 2.75) is 0 Å². The van der Waals surface area contributed by atoms with E-state index >= 15 is 0 Å². The largest absolute Gasteiger partial charge is 0.399 e. The highest BCUT2D eigenvalue weighted by Crippen LogP contribution is 2.23. The summed E-state index contributed by atoms with van der Waals surface area (Å²) in [5.41, 5.74) is 13.0. The van der Waals surface area contributed by atoms with Crippen molar-refractivity contribution < 1.29 is 9.18 Å². The van der Waals surface area contributed by atoms with Gasteiger partial charge in [-0.1, -0.05) is 0 Å². The van der Waals surface area contributed by atoms with Gasteiger partial charge in [-0.3, -0.25) is 4.79 Å². The van der Waals surface area contributed by atoms with E-state index in [1.807, 2.05) is 0 Å². The second kappa shape index (κ2) is 5.48. The Balaban J connectivity index is 2.25. The van der Waals surface area contributed by atoms with E-state index in [1.54, 1.807) is 31.3 Å². The highest BCUT2D eigenvalue weighted by atomic mass is 19.1. The van der Waals surface area contributed by atoms with Gasteiger partial charge >= 0.3 is 0 Å². The fourth-order valence-corrected chi connectivity index (χ4v) is 1.74. The van der Waals surface area contributed by atoms with Gasteiger partial charge in [0.2, 0.25) is 0 Å². The summed E-state index contributed by atoms with van der Waals surface area (Å²) in [5.74, 6) is -1.02. The standard InChI is InChI=1S/C14H15FN4O/c1-18-13-7-12(17)10(6-11(13)15)14(20)19-9-4-2-8(16)3-5-9/h2-7,18H,16-17H2,1H3,(H,19,20). The monoisotopic (exact) mass is 274 g/mol. The first-order valence-corrected chi connectivity index (χ1v) is 5.95. The Hall–Kier alpha value is -2.76. The molecule has 104 valence electrons. The van der Waals surface area contributed by atoms with Gasteiger partial charge in [-0.25, -0.2) is 4.39 Å². The third-order valence-electron chi connectivity index (χ3n) is 2.82. The third-order valence-corrected chi connectivity index (χ3v) is 2.82. The van der Waals surface area contributed by atoms with E-state index in [4.69, 9.17) is 11.5 Å². The summed E-state index contributed by atoms with van der Waals surface area (Å²) in [6.45, 7) is 0. The van der Waals surface area contributed by atoms with Crippen molar-refractivity contribution in [3.05, 3.63) is 47.8 Å².